The summed E-state index contributed by atoms with van der Waals surface area (Å²) in [6.45, 7) is 2.21. The largest absolute Gasteiger partial charge is 0.369 e. The van der Waals surface area contributed by atoms with Crippen LogP contribution in [0.5, 0.6) is 0 Å². The van der Waals surface area contributed by atoms with Crippen molar-refractivity contribution in [2.24, 2.45) is 23.5 Å². The van der Waals surface area contributed by atoms with E-state index in [1.165, 1.54) is 6.07 Å². The number of benzene rings is 4. The Kier molecular flexibility index (Phi) is 9.73. The molecule has 0 radical (unpaired) electrons. The molecule has 2 aliphatic rings. The van der Waals surface area contributed by atoms with E-state index in [-0.39, 0.29) is 23.4 Å². The van der Waals surface area contributed by atoms with Crippen LogP contribution in [0.2, 0.25) is 5.02 Å². The highest BCUT2D eigenvalue weighted by molar-refractivity contribution is 6.31. The summed E-state index contributed by atoms with van der Waals surface area (Å²) in [5, 5.41) is 3.16. The minimum atomic E-state index is -0.982. The lowest BCUT2D eigenvalue weighted by Gasteiger charge is -2.33. The summed E-state index contributed by atoms with van der Waals surface area (Å²) in [5.41, 5.74) is 11.5. The molecule has 4 aromatic rings. The van der Waals surface area contributed by atoms with Crippen LogP contribution in [0.4, 0.5) is 10.1 Å². The van der Waals surface area contributed by atoms with Gasteiger partial charge in [0.2, 0.25) is 11.8 Å². The standard InChI is InChI=1S/C39H39ClFN3O3/c1-2-9-31(37(42)45)32(21-24-10-7-11-24)38(46)43-36-30-16-4-3-14-28(30)29-15-5-6-17-35(29)44(39(36)47)23-25-12-8-13-26(20-25)27-18-19-34(41)33(40)22-27/h3-6,8,12-20,22,24,31-32,36H,2,7,9-11,21,23H2,1H3,(H2,42,45)(H,43,46)/t31-,32+,36-/m0/s1. The van der Waals surface area contributed by atoms with E-state index in [9.17, 15) is 18.8 Å². The molecule has 0 aromatic heterocycles. The SMILES string of the molecule is CCC[C@H](C(N)=O)[C@@H](CC1CCC1)C(=O)N[C@@H]1C(=O)N(Cc2cccc(-c3ccc(F)c(Cl)c3)c2)c2ccccc2-c2ccccc21. The van der Waals surface area contributed by atoms with Crippen LogP contribution in [0.3, 0.4) is 0 Å². The third kappa shape index (κ3) is 6.82. The Morgan fingerprint density at radius 1 is 0.936 bits per heavy atom. The molecule has 6 rings (SSSR count). The van der Waals surface area contributed by atoms with E-state index in [4.69, 9.17) is 17.3 Å². The zero-order valence-corrected chi connectivity index (χ0v) is 27.2. The second kappa shape index (κ2) is 14.1. The van der Waals surface area contributed by atoms with Crippen LogP contribution >= 0.6 is 11.6 Å². The van der Waals surface area contributed by atoms with Crippen molar-refractivity contribution in [3.8, 4) is 22.3 Å². The van der Waals surface area contributed by atoms with Crippen molar-refractivity contribution >= 4 is 35.0 Å². The van der Waals surface area contributed by atoms with Gasteiger partial charge in [-0.1, -0.05) is 111 Å². The molecule has 3 N–H and O–H groups in total. The number of nitrogens with one attached hydrogen (secondary N) is 1. The summed E-state index contributed by atoms with van der Waals surface area (Å²) in [6, 6.07) is 26.7. The number of rotatable bonds is 11. The highest BCUT2D eigenvalue weighted by atomic mass is 35.5. The number of para-hydroxylation sites is 1. The first-order valence-corrected chi connectivity index (χ1v) is 16.8. The minimum Gasteiger partial charge on any atom is -0.369 e. The van der Waals surface area contributed by atoms with E-state index in [2.05, 4.69) is 5.32 Å². The van der Waals surface area contributed by atoms with Crippen LogP contribution in [-0.4, -0.2) is 17.7 Å². The second-order valence-corrected chi connectivity index (χ2v) is 13.1. The Balaban J connectivity index is 1.38. The van der Waals surface area contributed by atoms with Gasteiger partial charge in [-0.15, -0.1) is 0 Å². The lowest BCUT2D eigenvalue weighted by Crippen LogP contribution is -2.47. The number of amides is 3. The smallest absolute Gasteiger partial charge is 0.254 e. The molecule has 1 aliphatic heterocycles. The summed E-state index contributed by atoms with van der Waals surface area (Å²) in [4.78, 5) is 43.4. The van der Waals surface area contributed by atoms with Gasteiger partial charge >= 0.3 is 0 Å². The Labute approximate surface area is 280 Å². The van der Waals surface area contributed by atoms with Crippen LogP contribution in [0.25, 0.3) is 22.3 Å². The van der Waals surface area contributed by atoms with Gasteiger partial charge in [-0.25, -0.2) is 4.39 Å². The molecule has 242 valence electrons. The summed E-state index contributed by atoms with van der Waals surface area (Å²) >= 11 is 6.08. The number of nitrogens with zero attached hydrogens (tertiary/aromatic N) is 1. The number of nitrogens with two attached hydrogens (primary N) is 1. The van der Waals surface area contributed by atoms with Crippen LogP contribution in [0, 0.1) is 23.6 Å². The van der Waals surface area contributed by atoms with E-state index in [1.807, 2.05) is 79.7 Å². The molecular weight excluding hydrogens is 613 g/mol. The highest BCUT2D eigenvalue weighted by Gasteiger charge is 2.40. The molecule has 0 spiro atoms. The fourth-order valence-corrected chi connectivity index (χ4v) is 7.17. The number of hydrogen-bond donors (Lipinski definition) is 2. The lowest BCUT2D eigenvalue weighted by atomic mass is 9.73. The molecule has 1 fully saturated rings. The average Bonchev–Trinajstić information content (AvgIpc) is 3.14. The van der Waals surface area contributed by atoms with Crippen LogP contribution in [0.1, 0.15) is 62.6 Å². The minimum absolute atomic E-state index is 0.0361. The fourth-order valence-electron chi connectivity index (χ4n) is 6.99. The number of primary amides is 1. The van der Waals surface area contributed by atoms with Gasteiger partial charge < -0.3 is 16.0 Å². The Morgan fingerprint density at radius 2 is 1.66 bits per heavy atom. The van der Waals surface area contributed by atoms with Gasteiger partial charge in [-0.05, 0) is 70.8 Å². The van der Waals surface area contributed by atoms with Gasteiger partial charge in [0.25, 0.3) is 5.91 Å². The van der Waals surface area contributed by atoms with Crippen LogP contribution < -0.4 is 16.0 Å². The molecule has 1 aliphatic carbocycles. The molecule has 6 nitrogen and oxygen atoms in total. The summed E-state index contributed by atoms with van der Waals surface area (Å²) in [6.07, 6.45) is 4.98. The molecular formula is C39H39ClFN3O3. The molecule has 0 bridgehead atoms. The number of anilines is 1. The zero-order valence-electron chi connectivity index (χ0n) is 26.4. The van der Waals surface area contributed by atoms with Crippen molar-refractivity contribution in [2.45, 2.75) is 58.0 Å². The number of hydrogen-bond acceptors (Lipinski definition) is 3. The molecule has 0 saturated heterocycles. The maximum atomic E-state index is 14.7. The first kappa shape index (κ1) is 32.5. The third-order valence-corrected chi connectivity index (χ3v) is 9.97. The van der Waals surface area contributed by atoms with Gasteiger partial charge in [0, 0.05) is 17.4 Å². The molecule has 1 heterocycles. The molecule has 3 amide bonds. The van der Waals surface area contributed by atoms with Gasteiger partial charge in [0.05, 0.1) is 17.3 Å². The zero-order chi connectivity index (χ0) is 33.1. The quantitative estimate of drug-likeness (QED) is 0.171. The topological polar surface area (TPSA) is 92.5 Å². The van der Waals surface area contributed by atoms with Crippen molar-refractivity contribution in [2.75, 3.05) is 4.90 Å². The van der Waals surface area contributed by atoms with Crippen molar-refractivity contribution in [3.63, 3.8) is 0 Å². The molecule has 8 heteroatoms. The second-order valence-electron chi connectivity index (χ2n) is 12.7. The van der Waals surface area contributed by atoms with Crippen LogP contribution in [-0.2, 0) is 20.9 Å². The number of carbonyl (C=O) groups excluding carboxylic acids is 3. The maximum absolute atomic E-state index is 14.7. The summed E-state index contributed by atoms with van der Waals surface area (Å²) in [7, 11) is 0. The first-order chi connectivity index (χ1) is 22.7. The maximum Gasteiger partial charge on any atom is 0.254 e. The van der Waals surface area contributed by atoms with Crippen LogP contribution in [0.15, 0.2) is 91.0 Å². The fraction of sp³-hybridized carbons (Fsp3) is 0.308. The molecule has 3 atom stereocenters. The number of fused-ring (bicyclic) bond motifs is 3. The Hall–Kier alpha value is -4.49. The van der Waals surface area contributed by atoms with Gasteiger partial charge in [0.15, 0.2) is 0 Å². The van der Waals surface area contributed by atoms with Crippen molar-refractivity contribution in [1.82, 2.24) is 5.32 Å². The molecule has 4 aromatic carbocycles. The summed E-state index contributed by atoms with van der Waals surface area (Å²) in [5.74, 6) is -2.41. The van der Waals surface area contributed by atoms with Crippen molar-refractivity contribution < 1.29 is 18.8 Å². The predicted molar refractivity (Wildman–Crippen MR) is 184 cm³/mol. The number of carbonyl (C=O) groups is 3. The van der Waals surface area contributed by atoms with Crippen molar-refractivity contribution in [1.29, 1.82) is 0 Å². The average molecular weight is 652 g/mol. The van der Waals surface area contributed by atoms with Gasteiger partial charge in [-0.3, -0.25) is 14.4 Å². The lowest BCUT2D eigenvalue weighted by molar-refractivity contribution is -0.136. The van der Waals surface area contributed by atoms with E-state index >= 15 is 0 Å². The van der Waals surface area contributed by atoms with E-state index in [0.29, 0.717) is 24.3 Å². The normalized spacial score (nSPS) is 17.1. The summed E-state index contributed by atoms with van der Waals surface area (Å²) < 4.78 is 13.9. The molecule has 47 heavy (non-hydrogen) atoms. The molecule has 1 saturated carbocycles. The van der Waals surface area contributed by atoms with Crippen molar-refractivity contribution in [3.05, 3.63) is 113 Å². The van der Waals surface area contributed by atoms with E-state index in [0.717, 1.165) is 59.2 Å². The van der Waals surface area contributed by atoms with E-state index in [1.54, 1.807) is 17.0 Å². The third-order valence-electron chi connectivity index (χ3n) is 9.68. The Morgan fingerprint density at radius 3 is 2.36 bits per heavy atom. The Bertz CT molecular complexity index is 1810. The highest BCUT2D eigenvalue weighted by Crippen LogP contribution is 2.42. The first-order valence-electron chi connectivity index (χ1n) is 16.4. The monoisotopic (exact) mass is 651 g/mol. The molecule has 0 unspecified atom stereocenters. The van der Waals surface area contributed by atoms with Gasteiger partial charge in [0.1, 0.15) is 11.9 Å². The predicted octanol–water partition coefficient (Wildman–Crippen LogP) is 8.23. The van der Waals surface area contributed by atoms with E-state index < -0.39 is 29.6 Å². The number of halogens is 2. The van der Waals surface area contributed by atoms with Gasteiger partial charge in [-0.2, -0.15) is 0 Å².